The van der Waals surface area contributed by atoms with E-state index < -0.39 is 0 Å². The van der Waals surface area contributed by atoms with Crippen molar-refractivity contribution in [2.75, 3.05) is 5.32 Å². The minimum absolute atomic E-state index is 0.271. The Bertz CT molecular complexity index is 821. The molecule has 2 N–H and O–H groups in total. The standard InChI is InChI=1S/C21H20N2O2/c1-3-4-6-10-16(2)22-20(24)17-11-9-12-18(15-17)21(25)23-19-13-7-5-8-14-19/h3-15H,2H2,1H3,(H,22,24)(H,23,25). The first kappa shape index (κ1) is 17.9. The Labute approximate surface area is 147 Å². The average Bonchev–Trinajstić information content (AvgIpc) is 2.63. The number of anilines is 1. The molecule has 0 aliphatic carbocycles. The van der Waals surface area contributed by atoms with Crippen LogP contribution in [-0.2, 0) is 0 Å². The molecular weight excluding hydrogens is 312 g/mol. The third-order valence-corrected chi connectivity index (χ3v) is 3.29. The molecule has 0 unspecified atom stereocenters. The Morgan fingerprint density at radius 1 is 0.920 bits per heavy atom. The average molecular weight is 332 g/mol. The fraction of sp³-hybridized carbons (Fsp3) is 0.0476. The van der Waals surface area contributed by atoms with Crippen LogP contribution in [-0.4, -0.2) is 11.8 Å². The summed E-state index contributed by atoms with van der Waals surface area (Å²) in [4.78, 5) is 24.6. The Balaban J connectivity index is 2.06. The van der Waals surface area contributed by atoms with Crippen LogP contribution in [0.2, 0.25) is 0 Å². The third-order valence-electron chi connectivity index (χ3n) is 3.29. The highest BCUT2D eigenvalue weighted by Crippen LogP contribution is 2.11. The van der Waals surface area contributed by atoms with Crippen LogP contribution in [0.5, 0.6) is 0 Å². The van der Waals surface area contributed by atoms with Crippen molar-refractivity contribution in [2.45, 2.75) is 6.92 Å². The highest BCUT2D eigenvalue weighted by atomic mass is 16.2. The second-order valence-electron chi connectivity index (χ2n) is 5.27. The first-order chi connectivity index (χ1) is 12.1. The van der Waals surface area contributed by atoms with Crippen LogP contribution in [0.4, 0.5) is 5.69 Å². The molecule has 0 fully saturated rings. The lowest BCUT2D eigenvalue weighted by atomic mass is 10.1. The topological polar surface area (TPSA) is 58.2 Å². The number of hydrogen-bond donors (Lipinski definition) is 2. The van der Waals surface area contributed by atoms with Crippen LogP contribution < -0.4 is 10.6 Å². The molecule has 0 spiro atoms. The van der Waals surface area contributed by atoms with Gasteiger partial charge >= 0.3 is 0 Å². The van der Waals surface area contributed by atoms with Crippen molar-refractivity contribution in [3.8, 4) is 0 Å². The molecule has 0 aromatic heterocycles. The number of rotatable bonds is 6. The summed E-state index contributed by atoms with van der Waals surface area (Å²) in [6, 6.07) is 15.7. The Kier molecular flexibility index (Phi) is 6.48. The van der Waals surface area contributed by atoms with E-state index in [1.807, 2.05) is 37.3 Å². The van der Waals surface area contributed by atoms with Gasteiger partial charge in [-0.3, -0.25) is 9.59 Å². The minimum Gasteiger partial charge on any atom is -0.323 e. The summed E-state index contributed by atoms with van der Waals surface area (Å²) < 4.78 is 0. The van der Waals surface area contributed by atoms with Gasteiger partial charge in [-0.15, -0.1) is 0 Å². The molecule has 25 heavy (non-hydrogen) atoms. The Hall–Kier alpha value is -3.40. The van der Waals surface area contributed by atoms with Crippen molar-refractivity contribution < 1.29 is 9.59 Å². The van der Waals surface area contributed by atoms with Gasteiger partial charge in [0.2, 0.25) is 0 Å². The van der Waals surface area contributed by atoms with Crippen molar-refractivity contribution in [3.05, 3.63) is 102 Å². The van der Waals surface area contributed by atoms with E-state index in [9.17, 15) is 9.59 Å². The summed E-state index contributed by atoms with van der Waals surface area (Å²) in [5, 5.41) is 5.48. The molecule has 0 bridgehead atoms. The fourth-order valence-electron chi connectivity index (χ4n) is 2.07. The number of allylic oxidation sites excluding steroid dienone is 4. The van der Waals surface area contributed by atoms with E-state index in [2.05, 4.69) is 17.2 Å². The van der Waals surface area contributed by atoms with E-state index in [0.717, 1.165) is 0 Å². The summed E-state index contributed by atoms with van der Waals surface area (Å²) in [6.45, 7) is 5.67. The quantitative estimate of drug-likeness (QED) is 0.774. The molecule has 2 rings (SSSR count). The molecule has 0 heterocycles. The maximum absolute atomic E-state index is 12.3. The maximum Gasteiger partial charge on any atom is 0.255 e. The summed E-state index contributed by atoms with van der Waals surface area (Å²) in [5.41, 5.74) is 1.97. The Morgan fingerprint density at radius 3 is 2.28 bits per heavy atom. The monoisotopic (exact) mass is 332 g/mol. The van der Waals surface area contributed by atoms with E-state index in [1.165, 1.54) is 0 Å². The van der Waals surface area contributed by atoms with E-state index in [4.69, 9.17) is 0 Å². The fourth-order valence-corrected chi connectivity index (χ4v) is 2.07. The van der Waals surface area contributed by atoms with Gasteiger partial charge in [-0.05, 0) is 43.3 Å². The molecule has 0 saturated carbocycles. The van der Waals surface area contributed by atoms with Crippen LogP contribution in [0.15, 0.2) is 91.2 Å². The molecule has 2 amide bonds. The smallest absolute Gasteiger partial charge is 0.255 e. The predicted octanol–water partition coefficient (Wildman–Crippen LogP) is 4.31. The number of carbonyl (C=O) groups is 2. The zero-order valence-corrected chi connectivity index (χ0v) is 14.0. The van der Waals surface area contributed by atoms with E-state index in [-0.39, 0.29) is 11.8 Å². The number of benzene rings is 2. The highest BCUT2D eigenvalue weighted by Gasteiger charge is 2.11. The SMILES string of the molecule is C=C(C=CC=CC)NC(=O)c1cccc(C(=O)Nc2ccccc2)c1. The lowest BCUT2D eigenvalue weighted by molar-refractivity contribution is 0.0967. The van der Waals surface area contributed by atoms with Gasteiger partial charge in [0, 0.05) is 22.5 Å². The molecule has 0 atom stereocenters. The number of amides is 2. The summed E-state index contributed by atoms with van der Waals surface area (Å²) >= 11 is 0. The van der Waals surface area contributed by atoms with Crippen LogP contribution >= 0.6 is 0 Å². The summed E-state index contributed by atoms with van der Waals surface area (Å²) in [7, 11) is 0. The molecule has 2 aromatic carbocycles. The van der Waals surface area contributed by atoms with Crippen molar-refractivity contribution in [1.29, 1.82) is 0 Å². The van der Waals surface area contributed by atoms with E-state index in [0.29, 0.717) is 22.5 Å². The van der Waals surface area contributed by atoms with Gasteiger partial charge in [0.25, 0.3) is 11.8 Å². The predicted molar refractivity (Wildman–Crippen MR) is 101 cm³/mol. The summed E-state index contributed by atoms with van der Waals surface area (Å²) in [6.07, 6.45) is 7.20. The molecule has 2 aromatic rings. The van der Waals surface area contributed by atoms with Gasteiger partial charge in [-0.1, -0.05) is 49.1 Å². The van der Waals surface area contributed by atoms with Crippen LogP contribution in [0, 0.1) is 0 Å². The first-order valence-electron chi connectivity index (χ1n) is 7.86. The highest BCUT2D eigenvalue weighted by molar-refractivity contribution is 6.06. The zero-order valence-electron chi connectivity index (χ0n) is 14.0. The molecule has 4 heteroatoms. The van der Waals surface area contributed by atoms with Gasteiger partial charge < -0.3 is 10.6 Å². The normalized spacial score (nSPS) is 10.8. The second kappa shape index (κ2) is 9.03. The van der Waals surface area contributed by atoms with Crippen LogP contribution in [0.25, 0.3) is 0 Å². The van der Waals surface area contributed by atoms with Gasteiger partial charge in [-0.2, -0.15) is 0 Å². The molecule has 4 nitrogen and oxygen atoms in total. The first-order valence-corrected chi connectivity index (χ1v) is 7.86. The van der Waals surface area contributed by atoms with Crippen molar-refractivity contribution in [1.82, 2.24) is 5.32 Å². The molecular formula is C21H20N2O2. The molecule has 126 valence electrons. The van der Waals surface area contributed by atoms with Gasteiger partial charge in [-0.25, -0.2) is 0 Å². The maximum atomic E-state index is 12.3. The number of para-hydroxylation sites is 1. The van der Waals surface area contributed by atoms with Gasteiger partial charge in [0.05, 0.1) is 0 Å². The lowest BCUT2D eigenvalue weighted by Crippen LogP contribution is -2.22. The number of nitrogens with one attached hydrogen (secondary N) is 2. The largest absolute Gasteiger partial charge is 0.323 e. The number of carbonyl (C=O) groups excluding carboxylic acids is 2. The molecule has 0 aliphatic heterocycles. The minimum atomic E-state index is -0.315. The van der Waals surface area contributed by atoms with Gasteiger partial charge in [0.15, 0.2) is 0 Å². The van der Waals surface area contributed by atoms with Crippen LogP contribution in [0.1, 0.15) is 27.6 Å². The second-order valence-corrected chi connectivity index (χ2v) is 5.27. The van der Waals surface area contributed by atoms with Gasteiger partial charge in [0.1, 0.15) is 0 Å². The summed E-state index contributed by atoms with van der Waals surface area (Å²) in [5.74, 6) is -0.586. The van der Waals surface area contributed by atoms with Crippen LogP contribution in [0.3, 0.4) is 0 Å². The lowest BCUT2D eigenvalue weighted by Gasteiger charge is -2.08. The number of hydrogen-bond acceptors (Lipinski definition) is 2. The third kappa shape index (κ3) is 5.62. The zero-order chi connectivity index (χ0) is 18.1. The van der Waals surface area contributed by atoms with Crippen molar-refractivity contribution >= 4 is 17.5 Å². The van der Waals surface area contributed by atoms with E-state index in [1.54, 1.807) is 48.6 Å². The molecule has 0 saturated heterocycles. The molecule has 0 aliphatic rings. The Morgan fingerprint density at radius 2 is 1.60 bits per heavy atom. The van der Waals surface area contributed by atoms with Crippen molar-refractivity contribution in [2.24, 2.45) is 0 Å². The van der Waals surface area contributed by atoms with E-state index >= 15 is 0 Å². The van der Waals surface area contributed by atoms with Crippen molar-refractivity contribution in [3.63, 3.8) is 0 Å². The molecule has 0 radical (unpaired) electrons.